The van der Waals surface area contributed by atoms with E-state index in [0.717, 1.165) is 30.1 Å². The van der Waals surface area contributed by atoms with E-state index in [1.807, 2.05) is 4.68 Å². The molecule has 1 heterocycles. The van der Waals surface area contributed by atoms with Gasteiger partial charge in [0, 0.05) is 12.6 Å². The van der Waals surface area contributed by atoms with Crippen LogP contribution in [0, 0.1) is 11.8 Å². The molecule has 0 amide bonds. The van der Waals surface area contributed by atoms with Crippen molar-refractivity contribution in [3.05, 3.63) is 11.9 Å². The largest absolute Gasteiger partial charge is 0.308 e. The van der Waals surface area contributed by atoms with E-state index in [9.17, 15) is 0 Å². The molecular formula is C14H24N4. The van der Waals surface area contributed by atoms with Crippen molar-refractivity contribution >= 4 is 0 Å². The van der Waals surface area contributed by atoms with Crippen LogP contribution in [0.4, 0.5) is 0 Å². The fraction of sp³-hybridized carbons (Fsp3) is 0.857. The quantitative estimate of drug-likeness (QED) is 0.892. The van der Waals surface area contributed by atoms with Crippen LogP contribution in [0.15, 0.2) is 6.20 Å². The smallest absolute Gasteiger partial charge is 0.0965 e. The zero-order chi connectivity index (χ0) is 12.8. The summed E-state index contributed by atoms with van der Waals surface area (Å²) in [5.41, 5.74) is 1.09. The lowest BCUT2D eigenvalue weighted by molar-refractivity contribution is 0.346. The number of rotatable bonds is 3. The number of hydrogen-bond acceptors (Lipinski definition) is 3. The molecule has 0 aromatic carbocycles. The van der Waals surface area contributed by atoms with Gasteiger partial charge < -0.3 is 5.32 Å². The fourth-order valence-corrected chi connectivity index (χ4v) is 3.44. The van der Waals surface area contributed by atoms with Gasteiger partial charge in [-0.25, -0.2) is 4.68 Å². The molecule has 2 fully saturated rings. The number of nitrogens with zero attached hydrogens (tertiary/aromatic N) is 3. The number of nitrogens with one attached hydrogen (secondary N) is 1. The second-order valence-electron chi connectivity index (χ2n) is 6.99. The van der Waals surface area contributed by atoms with Crippen LogP contribution in [0.3, 0.4) is 0 Å². The van der Waals surface area contributed by atoms with Gasteiger partial charge in [0.1, 0.15) is 0 Å². The van der Waals surface area contributed by atoms with Gasteiger partial charge in [0.05, 0.1) is 17.4 Å². The van der Waals surface area contributed by atoms with E-state index in [2.05, 4.69) is 42.6 Å². The van der Waals surface area contributed by atoms with Crippen LogP contribution in [-0.4, -0.2) is 21.0 Å². The predicted molar refractivity (Wildman–Crippen MR) is 71.1 cm³/mol. The third-order valence-electron chi connectivity index (χ3n) is 4.51. The van der Waals surface area contributed by atoms with E-state index < -0.39 is 0 Å². The summed E-state index contributed by atoms with van der Waals surface area (Å²) >= 11 is 0. The first-order chi connectivity index (χ1) is 8.52. The molecule has 100 valence electrons. The summed E-state index contributed by atoms with van der Waals surface area (Å²) < 4.78 is 1.95. The lowest BCUT2D eigenvalue weighted by Gasteiger charge is -2.22. The van der Waals surface area contributed by atoms with Crippen molar-refractivity contribution < 1.29 is 0 Å². The van der Waals surface area contributed by atoms with Crippen molar-refractivity contribution in [1.29, 1.82) is 0 Å². The van der Waals surface area contributed by atoms with E-state index in [0.29, 0.717) is 0 Å². The number of fused-ring (bicyclic) bond motifs is 2. The molecule has 3 rings (SSSR count). The Balaban J connectivity index is 1.56. The third-order valence-corrected chi connectivity index (χ3v) is 4.51. The topological polar surface area (TPSA) is 42.7 Å². The molecule has 3 atom stereocenters. The van der Waals surface area contributed by atoms with Crippen LogP contribution < -0.4 is 5.32 Å². The van der Waals surface area contributed by atoms with Crippen molar-refractivity contribution in [2.24, 2.45) is 11.8 Å². The van der Waals surface area contributed by atoms with E-state index in [4.69, 9.17) is 0 Å². The summed E-state index contributed by atoms with van der Waals surface area (Å²) in [6.45, 7) is 7.31. The molecule has 1 aromatic rings. The Morgan fingerprint density at radius 2 is 2.17 bits per heavy atom. The van der Waals surface area contributed by atoms with Gasteiger partial charge in [-0.3, -0.25) is 0 Å². The van der Waals surface area contributed by atoms with Gasteiger partial charge in [-0.15, -0.1) is 5.10 Å². The molecule has 3 unspecified atom stereocenters. The van der Waals surface area contributed by atoms with Gasteiger partial charge in [0.25, 0.3) is 0 Å². The van der Waals surface area contributed by atoms with Gasteiger partial charge in [-0.1, -0.05) is 11.6 Å². The molecule has 0 aliphatic heterocycles. The second-order valence-corrected chi connectivity index (χ2v) is 6.99. The first-order valence-electron chi connectivity index (χ1n) is 7.17. The maximum absolute atomic E-state index is 4.26. The molecule has 0 radical (unpaired) electrons. The average molecular weight is 248 g/mol. The molecule has 4 heteroatoms. The highest BCUT2D eigenvalue weighted by atomic mass is 15.4. The van der Waals surface area contributed by atoms with Crippen LogP contribution in [0.25, 0.3) is 0 Å². The minimum absolute atomic E-state index is 0.0255. The number of hydrogen-bond donors (Lipinski definition) is 1. The molecular weight excluding hydrogens is 224 g/mol. The lowest BCUT2D eigenvalue weighted by Crippen LogP contribution is -2.33. The Morgan fingerprint density at radius 1 is 1.33 bits per heavy atom. The summed E-state index contributed by atoms with van der Waals surface area (Å²) in [7, 11) is 0. The molecule has 0 spiro atoms. The average Bonchev–Trinajstić information content (AvgIpc) is 3.01. The van der Waals surface area contributed by atoms with E-state index >= 15 is 0 Å². The van der Waals surface area contributed by atoms with Crippen LogP contribution >= 0.6 is 0 Å². The van der Waals surface area contributed by atoms with Gasteiger partial charge >= 0.3 is 0 Å². The SMILES string of the molecule is CC(C)(C)n1cc(CNC2CC3CCC2C3)nn1. The monoisotopic (exact) mass is 248 g/mol. The van der Waals surface area contributed by atoms with Crippen molar-refractivity contribution in [3.8, 4) is 0 Å². The normalized spacial score (nSPS) is 31.2. The Kier molecular flexibility index (Phi) is 2.93. The first-order valence-corrected chi connectivity index (χ1v) is 7.17. The van der Waals surface area contributed by atoms with E-state index in [1.54, 1.807) is 0 Å². The van der Waals surface area contributed by atoms with Crippen molar-refractivity contribution in [2.75, 3.05) is 0 Å². The summed E-state index contributed by atoms with van der Waals surface area (Å²) in [6.07, 6.45) is 7.78. The van der Waals surface area contributed by atoms with Crippen molar-refractivity contribution in [3.63, 3.8) is 0 Å². The fourth-order valence-electron chi connectivity index (χ4n) is 3.44. The minimum Gasteiger partial charge on any atom is -0.308 e. The van der Waals surface area contributed by atoms with Crippen molar-refractivity contribution in [1.82, 2.24) is 20.3 Å². The Morgan fingerprint density at radius 3 is 2.72 bits per heavy atom. The number of aromatic nitrogens is 3. The molecule has 2 saturated carbocycles. The molecule has 1 aromatic heterocycles. The Hall–Kier alpha value is -0.900. The third kappa shape index (κ3) is 2.30. The molecule has 1 N–H and O–H groups in total. The zero-order valence-electron chi connectivity index (χ0n) is 11.7. The van der Waals surface area contributed by atoms with Crippen LogP contribution in [-0.2, 0) is 12.1 Å². The highest BCUT2D eigenvalue weighted by Crippen LogP contribution is 2.44. The van der Waals surface area contributed by atoms with Gasteiger partial charge in [0.2, 0.25) is 0 Å². The maximum atomic E-state index is 4.26. The van der Waals surface area contributed by atoms with Crippen molar-refractivity contribution in [2.45, 2.75) is 64.6 Å². The molecule has 4 nitrogen and oxygen atoms in total. The molecule has 18 heavy (non-hydrogen) atoms. The summed E-state index contributed by atoms with van der Waals surface area (Å²) in [4.78, 5) is 0. The first kappa shape index (κ1) is 12.2. The summed E-state index contributed by atoms with van der Waals surface area (Å²) in [5.74, 6) is 1.92. The van der Waals surface area contributed by atoms with Gasteiger partial charge in [-0.05, 0) is 51.9 Å². The molecule has 2 aliphatic carbocycles. The van der Waals surface area contributed by atoms with Gasteiger partial charge in [0.15, 0.2) is 0 Å². The molecule has 2 bridgehead atoms. The van der Waals surface area contributed by atoms with Crippen LogP contribution in [0.1, 0.15) is 52.1 Å². The molecule has 0 saturated heterocycles. The Bertz CT molecular complexity index is 418. The Labute approximate surface area is 109 Å². The standard InChI is InChI=1S/C14H24N4/c1-14(2,3)18-9-12(16-17-18)8-15-13-7-10-4-5-11(13)6-10/h9-11,13,15H,4-8H2,1-3H3. The highest BCUT2D eigenvalue weighted by molar-refractivity contribution is 4.98. The highest BCUT2D eigenvalue weighted by Gasteiger charge is 2.39. The zero-order valence-corrected chi connectivity index (χ0v) is 11.7. The lowest BCUT2D eigenvalue weighted by atomic mass is 9.95. The molecule has 2 aliphatic rings. The summed E-state index contributed by atoms with van der Waals surface area (Å²) in [5, 5.41) is 12.1. The maximum Gasteiger partial charge on any atom is 0.0965 e. The minimum atomic E-state index is 0.0255. The van der Waals surface area contributed by atoms with Gasteiger partial charge in [-0.2, -0.15) is 0 Å². The van der Waals surface area contributed by atoms with Crippen LogP contribution in [0.2, 0.25) is 0 Å². The van der Waals surface area contributed by atoms with Crippen LogP contribution in [0.5, 0.6) is 0 Å². The second kappa shape index (κ2) is 4.34. The summed E-state index contributed by atoms with van der Waals surface area (Å²) in [6, 6.07) is 0.725. The van der Waals surface area contributed by atoms with E-state index in [1.165, 1.54) is 25.7 Å². The predicted octanol–water partition coefficient (Wildman–Crippen LogP) is 2.31. The van der Waals surface area contributed by atoms with E-state index in [-0.39, 0.29) is 5.54 Å².